The molecule has 0 aliphatic heterocycles. The molecule has 0 spiro atoms. The number of halogens is 3. The smallest absolute Gasteiger partial charge is 0.478 e. The molecule has 0 unspecified atom stereocenters. The summed E-state index contributed by atoms with van der Waals surface area (Å²) in [6.07, 6.45) is 0.862. The van der Waals surface area contributed by atoms with Crippen molar-refractivity contribution in [3.63, 3.8) is 0 Å². The minimum absolute atomic E-state index is 0.130. The molecule has 0 atom stereocenters. The van der Waals surface area contributed by atoms with Crippen LogP contribution in [0.1, 0.15) is 17.3 Å². The van der Waals surface area contributed by atoms with Gasteiger partial charge in [-0.25, -0.2) is 31.6 Å². The third kappa shape index (κ3) is 3.63. The summed E-state index contributed by atoms with van der Waals surface area (Å²) in [6, 6.07) is 3.09. The lowest BCUT2D eigenvalue weighted by Crippen LogP contribution is -2.23. The molecular weight excluding hydrogens is 453 g/mol. The average molecular weight is 464 g/mol. The van der Waals surface area contributed by atoms with E-state index in [1.807, 2.05) is 0 Å². The third-order valence-corrected chi connectivity index (χ3v) is 7.22. The van der Waals surface area contributed by atoms with Crippen LogP contribution in [0.15, 0.2) is 44.7 Å². The van der Waals surface area contributed by atoms with Crippen molar-refractivity contribution < 1.29 is 44.3 Å². The summed E-state index contributed by atoms with van der Waals surface area (Å²) in [6.45, 7) is 1.31. The van der Waals surface area contributed by atoms with E-state index in [1.54, 1.807) is 0 Å². The van der Waals surface area contributed by atoms with Crippen LogP contribution >= 0.6 is 0 Å². The van der Waals surface area contributed by atoms with Crippen LogP contribution in [-0.2, 0) is 19.7 Å². The highest BCUT2D eigenvalue weighted by Crippen LogP contribution is 2.34. The molecule has 3 aromatic rings. The van der Waals surface area contributed by atoms with Crippen molar-refractivity contribution in [2.45, 2.75) is 22.2 Å². The summed E-state index contributed by atoms with van der Waals surface area (Å²) >= 11 is 0. The van der Waals surface area contributed by atoms with Crippen LogP contribution in [0.2, 0.25) is 0 Å². The van der Waals surface area contributed by atoms with Gasteiger partial charge in [0.25, 0.3) is 9.84 Å². The number of aromatic nitrogens is 2. The fourth-order valence-electron chi connectivity index (χ4n) is 2.42. The normalized spacial score (nSPS) is 12.9. The summed E-state index contributed by atoms with van der Waals surface area (Å²) in [5.41, 5.74) is -6.72. The molecule has 0 saturated carbocycles. The van der Waals surface area contributed by atoms with E-state index in [4.69, 9.17) is 9.52 Å². The zero-order valence-electron chi connectivity index (χ0n) is 14.8. The van der Waals surface area contributed by atoms with Crippen molar-refractivity contribution >= 4 is 36.7 Å². The highest BCUT2D eigenvalue weighted by molar-refractivity contribution is 7.92. The van der Waals surface area contributed by atoms with Crippen molar-refractivity contribution in [2.24, 2.45) is 0 Å². The number of carboxylic acids is 1. The van der Waals surface area contributed by atoms with Crippen LogP contribution in [0.4, 0.5) is 13.2 Å². The maximum absolute atomic E-state index is 12.8. The summed E-state index contributed by atoms with van der Waals surface area (Å²) in [7, 11) is -9.62. The largest absolute Gasteiger partial charge is 0.501 e. The predicted molar refractivity (Wildman–Crippen MR) is 95.2 cm³/mol. The molecule has 0 aliphatic carbocycles. The first-order valence-corrected chi connectivity index (χ1v) is 11.1. The van der Waals surface area contributed by atoms with Crippen molar-refractivity contribution in [1.82, 2.24) is 9.97 Å². The fourth-order valence-corrected chi connectivity index (χ4v) is 4.26. The number of pyridine rings is 1. The van der Waals surface area contributed by atoms with Crippen LogP contribution in [-0.4, -0.2) is 49.1 Å². The number of carboxylic acid groups (broad SMARTS) is 1. The van der Waals surface area contributed by atoms with Gasteiger partial charge in [0, 0.05) is 6.20 Å². The van der Waals surface area contributed by atoms with Gasteiger partial charge in [0.15, 0.2) is 15.4 Å². The van der Waals surface area contributed by atoms with Gasteiger partial charge < -0.3 is 9.52 Å². The van der Waals surface area contributed by atoms with Crippen LogP contribution in [0.3, 0.4) is 0 Å². The topological polar surface area (TPSA) is 144 Å². The van der Waals surface area contributed by atoms with E-state index >= 15 is 0 Å². The van der Waals surface area contributed by atoms with Crippen molar-refractivity contribution in [3.05, 3.63) is 36.0 Å². The molecule has 1 N–H and O–H groups in total. The number of oxazole rings is 1. The fraction of sp³-hybridized carbons (Fsp3) is 0.188. The molecule has 1 aromatic carbocycles. The van der Waals surface area contributed by atoms with Gasteiger partial charge in [0.1, 0.15) is 11.2 Å². The SMILES string of the molecule is CCS(=O)(=O)c1cc(C(=O)O)cnc1-c1nc2cc(S(=O)(=O)C(F)(F)F)ccc2o1. The first kappa shape index (κ1) is 21.7. The van der Waals surface area contributed by atoms with E-state index in [1.165, 1.54) is 6.92 Å². The zero-order valence-corrected chi connectivity index (χ0v) is 16.5. The first-order valence-electron chi connectivity index (χ1n) is 7.96. The number of hydrogen-bond acceptors (Lipinski definition) is 8. The molecular formula is C16H11F3N2O7S2. The Morgan fingerprint density at radius 3 is 2.40 bits per heavy atom. The van der Waals surface area contributed by atoms with E-state index < -0.39 is 58.2 Å². The molecule has 0 saturated heterocycles. The Bertz CT molecular complexity index is 1380. The predicted octanol–water partition coefficient (Wildman–Crippen LogP) is 2.68. The quantitative estimate of drug-likeness (QED) is 0.602. The zero-order chi connectivity index (χ0) is 22.5. The summed E-state index contributed by atoms with van der Waals surface area (Å²) in [4.78, 5) is 17.2. The van der Waals surface area contributed by atoms with Gasteiger partial charge in [-0.05, 0) is 24.3 Å². The van der Waals surface area contributed by atoms with Crippen molar-refractivity contribution in [3.8, 4) is 11.6 Å². The molecule has 2 heterocycles. The molecule has 0 radical (unpaired) electrons. The number of carbonyl (C=O) groups is 1. The Hall–Kier alpha value is -3.00. The molecule has 0 amide bonds. The van der Waals surface area contributed by atoms with Gasteiger partial charge in [-0.1, -0.05) is 6.92 Å². The Morgan fingerprint density at radius 1 is 1.17 bits per heavy atom. The van der Waals surface area contributed by atoms with Crippen molar-refractivity contribution in [2.75, 3.05) is 5.75 Å². The van der Waals surface area contributed by atoms with Crippen LogP contribution in [0, 0.1) is 0 Å². The standard InChI is InChI=1S/C16H11F3N2O7S2/c1-2-29(24,25)12-5-8(15(22)23)7-20-13(12)14-21-10-6-9(3-4-11(10)28-14)30(26,27)16(17,18)19/h3-7H,2H2,1H3,(H,22,23). The van der Waals surface area contributed by atoms with E-state index in [0.29, 0.717) is 12.1 Å². The second-order valence-corrected chi connectivity index (χ2v) is 10.1. The van der Waals surface area contributed by atoms with Gasteiger partial charge >= 0.3 is 11.5 Å². The van der Waals surface area contributed by atoms with Gasteiger partial charge in [0.2, 0.25) is 5.89 Å². The first-order chi connectivity index (χ1) is 13.8. The number of hydrogen-bond donors (Lipinski definition) is 1. The van der Waals surface area contributed by atoms with Gasteiger partial charge in [-0.3, -0.25) is 0 Å². The van der Waals surface area contributed by atoms with E-state index in [0.717, 1.165) is 18.3 Å². The molecule has 160 valence electrons. The lowest BCUT2D eigenvalue weighted by atomic mass is 10.2. The number of benzene rings is 1. The van der Waals surface area contributed by atoms with Gasteiger partial charge in [0.05, 0.1) is 21.1 Å². The van der Waals surface area contributed by atoms with E-state index in [2.05, 4.69) is 9.97 Å². The monoisotopic (exact) mass is 464 g/mol. The lowest BCUT2D eigenvalue weighted by molar-refractivity contribution is -0.0436. The Balaban J connectivity index is 2.22. The second-order valence-electron chi connectivity index (χ2n) is 5.88. The van der Waals surface area contributed by atoms with Gasteiger partial charge in [-0.2, -0.15) is 13.2 Å². The minimum atomic E-state index is -5.63. The Labute approximate surface area is 167 Å². The third-order valence-electron chi connectivity index (χ3n) is 3.99. The number of alkyl halides is 3. The molecule has 2 aromatic heterocycles. The van der Waals surface area contributed by atoms with Crippen LogP contribution in [0.25, 0.3) is 22.7 Å². The second kappa shape index (κ2) is 7.05. The lowest BCUT2D eigenvalue weighted by Gasteiger charge is -2.07. The Kier molecular flexibility index (Phi) is 5.10. The summed E-state index contributed by atoms with van der Waals surface area (Å²) in [5.74, 6) is -2.27. The number of aromatic carboxylic acids is 1. The van der Waals surface area contributed by atoms with Crippen LogP contribution in [0.5, 0.6) is 0 Å². The number of sulfone groups is 2. The highest BCUT2D eigenvalue weighted by Gasteiger charge is 2.47. The number of fused-ring (bicyclic) bond motifs is 1. The maximum Gasteiger partial charge on any atom is 0.501 e. The molecule has 30 heavy (non-hydrogen) atoms. The summed E-state index contributed by atoms with van der Waals surface area (Å²) < 4.78 is 91.5. The molecule has 9 nitrogen and oxygen atoms in total. The molecule has 0 fully saturated rings. The van der Waals surface area contributed by atoms with Crippen LogP contribution < -0.4 is 0 Å². The van der Waals surface area contributed by atoms with E-state index in [9.17, 15) is 34.8 Å². The highest BCUT2D eigenvalue weighted by atomic mass is 32.2. The molecule has 0 bridgehead atoms. The number of nitrogens with zero attached hydrogens (tertiary/aromatic N) is 2. The Morgan fingerprint density at radius 2 is 1.83 bits per heavy atom. The van der Waals surface area contributed by atoms with Crippen molar-refractivity contribution in [1.29, 1.82) is 0 Å². The molecule has 3 rings (SSSR count). The minimum Gasteiger partial charge on any atom is -0.478 e. The summed E-state index contributed by atoms with van der Waals surface area (Å²) in [5, 5.41) is 9.07. The van der Waals surface area contributed by atoms with E-state index in [-0.39, 0.29) is 16.8 Å². The average Bonchev–Trinajstić information content (AvgIpc) is 3.09. The molecule has 0 aliphatic rings. The maximum atomic E-state index is 12.8. The number of rotatable bonds is 5. The molecule has 14 heteroatoms. The van der Waals surface area contributed by atoms with Gasteiger partial charge in [-0.15, -0.1) is 0 Å².